The predicted octanol–water partition coefficient (Wildman–Crippen LogP) is 3.04. The molecule has 3 heterocycles. The van der Waals surface area contributed by atoms with Crippen molar-refractivity contribution in [2.24, 2.45) is 4.99 Å². The lowest BCUT2D eigenvalue weighted by atomic mass is 9.83. The first-order valence-corrected chi connectivity index (χ1v) is 10.3. The van der Waals surface area contributed by atoms with Crippen molar-refractivity contribution in [3.63, 3.8) is 0 Å². The number of rotatable bonds is 2. The summed E-state index contributed by atoms with van der Waals surface area (Å²) < 4.78 is 1.78. The fourth-order valence-electron chi connectivity index (χ4n) is 4.96. The average Bonchev–Trinajstić information content (AvgIpc) is 3.45. The summed E-state index contributed by atoms with van der Waals surface area (Å²) in [6.07, 6.45) is 7.90. The van der Waals surface area contributed by atoms with E-state index in [1.807, 2.05) is 24.4 Å². The minimum atomic E-state index is -0.471. The van der Waals surface area contributed by atoms with E-state index in [9.17, 15) is 5.11 Å². The molecule has 1 fully saturated rings. The quantitative estimate of drug-likeness (QED) is 0.554. The Kier molecular flexibility index (Phi) is 3.77. The van der Waals surface area contributed by atoms with Gasteiger partial charge in [-0.25, -0.2) is 9.50 Å². The number of aliphatic hydroxyl groups is 1. The number of aromatic nitrogens is 5. The van der Waals surface area contributed by atoms with Gasteiger partial charge in [0, 0.05) is 29.5 Å². The maximum absolute atomic E-state index is 10.5. The van der Waals surface area contributed by atoms with Crippen LogP contribution in [0, 0.1) is 0 Å². The number of aliphatic hydroxyl groups excluding tert-OH is 1. The van der Waals surface area contributed by atoms with Crippen molar-refractivity contribution < 1.29 is 5.11 Å². The Morgan fingerprint density at radius 1 is 1.10 bits per heavy atom. The number of aliphatic imine (C=N–C) groups is 1. The molecule has 3 aromatic heterocycles. The van der Waals surface area contributed by atoms with Crippen molar-refractivity contribution in [2.45, 2.75) is 50.2 Å². The second kappa shape index (κ2) is 6.49. The van der Waals surface area contributed by atoms with E-state index in [4.69, 9.17) is 4.99 Å². The molecule has 1 saturated carbocycles. The zero-order valence-electron chi connectivity index (χ0n) is 16.0. The summed E-state index contributed by atoms with van der Waals surface area (Å²) in [5.74, 6) is 0.380. The third-order valence-electron chi connectivity index (χ3n) is 6.42. The lowest BCUT2D eigenvalue weighted by molar-refractivity contribution is 0.246. The lowest BCUT2D eigenvalue weighted by Gasteiger charge is -2.26. The van der Waals surface area contributed by atoms with Crippen LogP contribution in [0.1, 0.15) is 48.4 Å². The number of benzene rings is 1. The van der Waals surface area contributed by atoms with Gasteiger partial charge in [-0.15, -0.1) is 5.10 Å². The zero-order chi connectivity index (χ0) is 19.4. The van der Waals surface area contributed by atoms with E-state index >= 15 is 0 Å². The Hall–Kier alpha value is -3.06. The van der Waals surface area contributed by atoms with Gasteiger partial charge in [-0.3, -0.25) is 4.99 Å². The molecule has 2 aliphatic carbocycles. The lowest BCUT2D eigenvalue weighted by Crippen LogP contribution is -2.22. The molecule has 2 N–H and O–H groups in total. The van der Waals surface area contributed by atoms with Crippen LogP contribution in [0.15, 0.2) is 47.8 Å². The molecule has 0 aliphatic heterocycles. The predicted molar refractivity (Wildman–Crippen MR) is 110 cm³/mol. The second-order valence-electron chi connectivity index (χ2n) is 8.15. The number of nitrogens with one attached hydrogen (secondary N) is 1. The first-order chi connectivity index (χ1) is 14.3. The molecule has 0 unspecified atom stereocenters. The molecule has 6 rings (SSSR count). The normalized spacial score (nSPS) is 25.8. The minimum absolute atomic E-state index is 0.262. The highest BCUT2D eigenvalue weighted by Crippen LogP contribution is 2.37. The van der Waals surface area contributed by atoms with Crippen molar-refractivity contribution in [1.82, 2.24) is 24.8 Å². The first kappa shape index (κ1) is 16.9. The van der Waals surface area contributed by atoms with E-state index in [-0.39, 0.29) is 6.04 Å². The standard InChI is InChI=1S/C22H22N6O/c29-18-11-14-3-1-2-4-16(14)20(18)25-15-7-5-13(6-8-15)19-21-17-9-10-23-22(17)24-12-28(21)27-26-19/h1-4,9-10,12-13,15,18,23,29H,5-8,11H2/t13?,15?,18-/m0/s1. The van der Waals surface area contributed by atoms with E-state index in [1.54, 1.807) is 10.8 Å². The molecule has 4 aromatic rings. The molecule has 2 aliphatic rings. The van der Waals surface area contributed by atoms with Crippen molar-refractivity contribution in [2.75, 3.05) is 0 Å². The fraction of sp³-hybridized carbons (Fsp3) is 0.364. The highest BCUT2D eigenvalue weighted by Gasteiger charge is 2.30. The number of fused-ring (bicyclic) bond motifs is 4. The topological polar surface area (TPSA) is 91.5 Å². The van der Waals surface area contributed by atoms with Gasteiger partial charge in [0.2, 0.25) is 0 Å². The molecule has 0 amide bonds. The van der Waals surface area contributed by atoms with E-state index in [1.165, 1.54) is 5.56 Å². The Morgan fingerprint density at radius 3 is 2.86 bits per heavy atom. The molecule has 7 nitrogen and oxygen atoms in total. The van der Waals surface area contributed by atoms with E-state index in [0.29, 0.717) is 12.3 Å². The van der Waals surface area contributed by atoms with Crippen molar-refractivity contribution in [1.29, 1.82) is 0 Å². The minimum Gasteiger partial charge on any atom is -0.386 e. The summed E-state index contributed by atoms with van der Waals surface area (Å²) in [6, 6.07) is 10.5. The van der Waals surface area contributed by atoms with Crippen LogP contribution in [0.2, 0.25) is 0 Å². The maximum Gasteiger partial charge on any atom is 0.141 e. The van der Waals surface area contributed by atoms with Crippen molar-refractivity contribution in [3.05, 3.63) is 59.7 Å². The zero-order valence-corrected chi connectivity index (χ0v) is 16.0. The van der Waals surface area contributed by atoms with Crippen LogP contribution in [-0.2, 0) is 6.42 Å². The molecular formula is C22H22N6O. The molecule has 0 radical (unpaired) electrons. The van der Waals surface area contributed by atoms with Crippen LogP contribution >= 0.6 is 0 Å². The molecule has 0 spiro atoms. The maximum atomic E-state index is 10.5. The molecule has 1 aromatic carbocycles. The van der Waals surface area contributed by atoms with Gasteiger partial charge in [-0.05, 0) is 37.3 Å². The number of H-pyrrole nitrogens is 1. The number of hydrogen-bond acceptors (Lipinski definition) is 5. The highest BCUT2D eigenvalue weighted by atomic mass is 16.3. The molecule has 0 saturated heterocycles. The van der Waals surface area contributed by atoms with Gasteiger partial charge in [-0.1, -0.05) is 29.5 Å². The van der Waals surface area contributed by atoms with Crippen LogP contribution < -0.4 is 0 Å². The Bertz CT molecular complexity index is 1230. The van der Waals surface area contributed by atoms with Gasteiger partial charge < -0.3 is 10.1 Å². The molecule has 0 bridgehead atoms. The monoisotopic (exact) mass is 386 g/mol. The van der Waals surface area contributed by atoms with E-state index < -0.39 is 6.10 Å². The number of hydrogen-bond donors (Lipinski definition) is 2. The first-order valence-electron chi connectivity index (χ1n) is 10.3. The van der Waals surface area contributed by atoms with Gasteiger partial charge >= 0.3 is 0 Å². The average molecular weight is 386 g/mol. The molecule has 1 atom stereocenters. The number of aromatic amines is 1. The van der Waals surface area contributed by atoms with E-state index in [2.05, 4.69) is 32.4 Å². The van der Waals surface area contributed by atoms with Crippen molar-refractivity contribution >= 4 is 22.3 Å². The fourth-order valence-corrected chi connectivity index (χ4v) is 4.96. The molecule has 29 heavy (non-hydrogen) atoms. The summed E-state index contributed by atoms with van der Waals surface area (Å²) in [5, 5.41) is 20.3. The van der Waals surface area contributed by atoms with Gasteiger partial charge in [-0.2, -0.15) is 0 Å². The van der Waals surface area contributed by atoms with Crippen LogP contribution in [0.5, 0.6) is 0 Å². The van der Waals surface area contributed by atoms with Crippen LogP contribution in [0.25, 0.3) is 16.6 Å². The third kappa shape index (κ3) is 2.68. The summed E-state index contributed by atoms with van der Waals surface area (Å²) in [7, 11) is 0. The smallest absolute Gasteiger partial charge is 0.141 e. The van der Waals surface area contributed by atoms with Crippen molar-refractivity contribution in [3.8, 4) is 0 Å². The molecule has 7 heteroatoms. The van der Waals surface area contributed by atoms with Crippen LogP contribution in [0.3, 0.4) is 0 Å². The third-order valence-corrected chi connectivity index (χ3v) is 6.42. The van der Waals surface area contributed by atoms with Gasteiger partial charge in [0.05, 0.1) is 17.4 Å². The van der Waals surface area contributed by atoms with Gasteiger partial charge in [0.25, 0.3) is 0 Å². The summed E-state index contributed by atoms with van der Waals surface area (Å²) in [4.78, 5) is 12.5. The Balaban J connectivity index is 1.26. The molecular weight excluding hydrogens is 364 g/mol. The van der Waals surface area contributed by atoms with E-state index in [0.717, 1.165) is 59.2 Å². The molecule has 146 valence electrons. The largest absolute Gasteiger partial charge is 0.386 e. The Morgan fingerprint density at radius 2 is 1.97 bits per heavy atom. The number of nitrogens with zero attached hydrogens (tertiary/aromatic N) is 5. The second-order valence-corrected chi connectivity index (χ2v) is 8.15. The van der Waals surface area contributed by atoms with Crippen LogP contribution in [0.4, 0.5) is 0 Å². The highest BCUT2D eigenvalue weighted by molar-refractivity contribution is 6.07. The van der Waals surface area contributed by atoms with Gasteiger partial charge in [0.15, 0.2) is 0 Å². The summed E-state index contributed by atoms with van der Waals surface area (Å²) in [5.41, 5.74) is 6.19. The summed E-state index contributed by atoms with van der Waals surface area (Å²) >= 11 is 0. The Labute approximate surface area is 167 Å². The van der Waals surface area contributed by atoms with Crippen LogP contribution in [-0.4, -0.2) is 47.8 Å². The van der Waals surface area contributed by atoms with Gasteiger partial charge in [0.1, 0.15) is 23.6 Å². The SMILES string of the molecule is O[C@H]1Cc2ccccc2C1=NC1CCC(c2nnn3cnc4[nH]ccc4c23)CC1. The summed E-state index contributed by atoms with van der Waals surface area (Å²) in [6.45, 7) is 0.